The molecule has 2 amide bonds. The predicted molar refractivity (Wildman–Crippen MR) is 79.7 cm³/mol. The minimum absolute atomic E-state index is 0.0479. The maximum Gasteiger partial charge on any atom is 0.267 e. The van der Waals surface area contributed by atoms with Crippen molar-refractivity contribution in [2.24, 2.45) is 5.73 Å². The number of nitrogens with zero attached hydrogens (tertiary/aromatic N) is 4. The first kappa shape index (κ1) is 15.1. The molecule has 0 spiro atoms. The first-order valence-corrected chi connectivity index (χ1v) is 7.40. The highest BCUT2D eigenvalue weighted by Gasteiger charge is 2.29. The van der Waals surface area contributed by atoms with E-state index in [2.05, 4.69) is 15.1 Å². The Labute approximate surface area is 132 Å². The molecule has 3 heterocycles. The smallest absolute Gasteiger partial charge is 0.267 e. The standard InChI is InChI=1S/C15H17N5O3/c1-9-18-14(23-19-9)11-3-2-6-20(8-11)15(22)10-4-5-12(13(16)21)17-7-10/h4-5,7,11H,2-3,6,8H2,1H3,(H2,16,21)/t11-/m0/s1. The lowest BCUT2D eigenvalue weighted by molar-refractivity contribution is 0.0694. The third-order valence-corrected chi connectivity index (χ3v) is 3.86. The van der Waals surface area contributed by atoms with Crippen LogP contribution in [0.5, 0.6) is 0 Å². The van der Waals surface area contributed by atoms with Gasteiger partial charge in [-0.15, -0.1) is 0 Å². The van der Waals surface area contributed by atoms with Crippen LogP contribution >= 0.6 is 0 Å². The van der Waals surface area contributed by atoms with Crippen LogP contribution in [0.3, 0.4) is 0 Å². The van der Waals surface area contributed by atoms with Gasteiger partial charge in [-0.25, -0.2) is 0 Å². The Morgan fingerprint density at radius 1 is 1.39 bits per heavy atom. The molecule has 8 nitrogen and oxygen atoms in total. The van der Waals surface area contributed by atoms with Crippen LogP contribution in [-0.2, 0) is 0 Å². The summed E-state index contributed by atoms with van der Waals surface area (Å²) < 4.78 is 5.22. The van der Waals surface area contributed by atoms with Crippen molar-refractivity contribution in [3.05, 3.63) is 41.3 Å². The Morgan fingerprint density at radius 2 is 2.22 bits per heavy atom. The average molecular weight is 315 g/mol. The van der Waals surface area contributed by atoms with Crippen LogP contribution in [0.2, 0.25) is 0 Å². The molecule has 0 aliphatic carbocycles. The molecule has 0 bridgehead atoms. The Hall–Kier alpha value is -2.77. The first-order valence-electron chi connectivity index (χ1n) is 7.40. The molecule has 120 valence electrons. The van der Waals surface area contributed by atoms with E-state index in [0.29, 0.717) is 30.4 Å². The summed E-state index contributed by atoms with van der Waals surface area (Å²) in [6.45, 7) is 2.96. The number of likely N-dealkylation sites (tertiary alicyclic amines) is 1. The topological polar surface area (TPSA) is 115 Å². The van der Waals surface area contributed by atoms with E-state index in [-0.39, 0.29) is 17.5 Å². The van der Waals surface area contributed by atoms with Crippen molar-refractivity contribution in [1.29, 1.82) is 0 Å². The van der Waals surface area contributed by atoms with E-state index >= 15 is 0 Å². The Balaban J connectivity index is 1.72. The SMILES string of the molecule is Cc1noc([C@H]2CCCN(C(=O)c3ccc(C(N)=O)nc3)C2)n1. The summed E-state index contributed by atoms with van der Waals surface area (Å²) in [4.78, 5) is 33.5. The Morgan fingerprint density at radius 3 is 2.83 bits per heavy atom. The van der Waals surface area contributed by atoms with Gasteiger partial charge in [0.05, 0.1) is 11.5 Å². The van der Waals surface area contributed by atoms with E-state index in [1.807, 2.05) is 0 Å². The molecule has 1 aliphatic heterocycles. The summed E-state index contributed by atoms with van der Waals surface area (Å²) in [5.74, 6) is 0.465. The van der Waals surface area contributed by atoms with Gasteiger partial charge in [0.1, 0.15) is 5.69 Å². The minimum Gasteiger partial charge on any atom is -0.364 e. The number of aromatic nitrogens is 3. The van der Waals surface area contributed by atoms with Gasteiger partial charge in [0.2, 0.25) is 5.89 Å². The van der Waals surface area contributed by atoms with Crippen LogP contribution in [0.4, 0.5) is 0 Å². The molecule has 0 radical (unpaired) electrons. The summed E-state index contributed by atoms with van der Waals surface area (Å²) in [6, 6.07) is 3.02. The van der Waals surface area contributed by atoms with E-state index < -0.39 is 5.91 Å². The molecule has 2 N–H and O–H groups in total. The van der Waals surface area contributed by atoms with Crippen molar-refractivity contribution in [2.75, 3.05) is 13.1 Å². The van der Waals surface area contributed by atoms with Gasteiger partial charge in [-0.05, 0) is 31.9 Å². The fourth-order valence-electron chi connectivity index (χ4n) is 2.69. The van der Waals surface area contributed by atoms with Crippen molar-refractivity contribution in [3.63, 3.8) is 0 Å². The molecule has 8 heteroatoms. The zero-order valence-corrected chi connectivity index (χ0v) is 12.7. The van der Waals surface area contributed by atoms with Gasteiger partial charge in [-0.1, -0.05) is 5.16 Å². The third kappa shape index (κ3) is 3.20. The first-order chi connectivity index (χ1) is 11.0. The van der Waals surface area contributed by atoms with Crippen molar-refractivity contribution < 1.29 is 14.1 Å². The minimum atomic E-state index is -0.617. The number of rotatable bonds is 3. The maximum absolute atomic E-state index is 12.6. The van der Waals surface area contributed by atoms with Crippen LogP contribution in [0.15, 0.2) is 22.9 Å². The molecule has 0 unspecified atom stereocenters. The summed E-state index contributed by atoms with van der Waals surface area (Å²) in [5, 5.41) is 3.80. The number of hydrogen-bond donors (Lipinski definition) is 1. The van der Waals surface area contributed by atoms with Gasteiger partial charge < -0.3 is 15.2 Å². The fraction of sp³-hybridized carbons (Fsp3) is 0.400. The molecule has 1 saturated heterocycles. The van der Waals surface area contributed by atoms with E-state index in [0.717, 1.165) is 12.8 Å². The molecule has 0 aromatic carbocycles. The van der Waals surface area contributed by atoms with Gasteiger partial charge in [0.25, 0.3) is 11.8 Å². The largest absolute Gasteiger partial charge is 0.364 e. The molecular weight excluding hydrogens is 298 g/mol. The Bertz CT molecular complexity index is 725. The molecule has 2 aromatic heterocycles. The number of hydrogen-bond acceptors (Lipinski definition) is 6. The van der Waals surface area contributed by atoms with Crippen molar-refractivity contribution in [3.8, 4) is 0 Å². The number of carbonyl (C=O) groups is 2. The number of primary amides is 1. The van der Waals surface area contributed by atoms with Crippen LogP contribution in [-0.4, -0.2) is 44.9 Å². The summed E-state index contributed by atoms with van der Waals surface area (Å²) in [7, 11) is 0. The predicted octanol–water partition coefficient (Wildman–Crippen LogP) is 0.892. The normalized spacial score (nSPS) is 18.0. The summed E-state index contributed by atoms with van der Waals surface area (Å²) in [5.41, 5.74) is 5.71. The van der Waals surface area contributed by atoms with Gasteiger partial charge in [-0.3, -0.25) is 14.6 Å². The molecule has 1 atom stereocenters. The lowest BCUT2D eigenvalue weighted by Crippen LogP contribution is -2.39. The maximum atomic E-state index is 12.6. The van der Waals surface area contributed by atoms with Gasteiger partial charge >= 0.3 is 0 Å². The lowest BCUT2D eigenvalue weighted by Gasteiger charge is -2.31. The molecule has 2 aromatic rings. The van der Waals surface area contributed by atoms with Crippen LogP contribution in [0.1, 0.15) is 51.3 Å². The van der Waals surface area contributed by atoms with Crippen LogP contribution in [0, 0.1) is 6.92 Å². The zero-order chi connectivity index (χ0) is 16.4. The highest BCUT2D eigenvalue weighted by molar-refractivity contribution is 5.95. The number of nitrogens with two attached hydrogens (primary N) is 1. The highest BCUT2D eigenvalue weighted by atomic mass is 16.5. The Kier molecular flexibility index (Phi) is 4.05. The van der Waals surface area contributed by atoms with E-state index in [1.54, 1.807) is 17.9 Å². The van der Waals surface area contributed by atoms with Crippen LogP contribution < -0.4 is 5.73 Å². The van der Waals surface area contributed by atoms with Crippen molar-refractivity contribution in [2.45, 2.75) is 25.7 Å². The second kappa shape index (κ2) is 6.15. The second-order valence-corrected chi connectivity index (χ2v) is 5.57. The fourth-order valence-corrected chi connectivity index (χ4v) is 2.69. The average Bonchev–Trinajstić information content (AvgIpc) is 3.01. The number of piperidine rings is 1. The summed E-state index contributed by atoms with van der Waals surface area (Å²) in [6.07, 6.45) is 3.15. The van der Waals surface area contributed by atoms with Crippen molar-refractivity contribution in [1.82, 2.24) is 20.0 Å². The van der Waals surface area contributed by atoms with Crippen molar-refractivity contribution >= 4 is 11.8 Å². The molecular formula is C15H17N5O3. The number of aryl methyl sites for hydroxylation is 1. The molecule has 0 saturated carbocycles. The van der Waals surface area contributed by atoms with Gasteiger partial charge in [-0.2, -0.15) is 4.98 Å². The van der Waals surface area contributed by atoms with E-state index in [9.17, 15) is 9.59 Å². The molecule has 3 rings (SSSR count). The highest BCUT2D eigenvalue weighted by Crippen LogP contribution is 2.26. The van der Waals surface area contributed by atoms with E-state index in [4.69, 9.17) is 10.3 Å². The second-order valence-electron chi connectivity index (χ2n) is 5.57. The van der Waals surface area contributed by atoms with Gasteiger partial charge in [0.15, 0.2) is 5.82 Å². The van der Waals surface area contributed by atoms with Crippen LogP contribution in [0.25, 0.3) is 0 Å². The third-order valence-electron chi connectivity index (χ3n) is 3.86. The van der Waals surface area contributed by atoms with Gasteiger partial charge in [0, 0.05) is 19.3 Å². The number of carbonyl (C=O) groups excluding carboxylic acids is 2. The molecule has 23 heavy (non-hydrogen) atoms. The number of pyridine rings is 1. The molecule has 1 aliphatic rings. The lowest BCUT2D eigenvalue weighted by atomic mass is 9.97. The monoisotopic (exact) mass is 315 g/mol. The zero-order valence-electron chi connectivity index (χ0n) is 12.7. The quantitative estimate of drug-likeness (QED) is 0.899. The van der Waals surface area contributed by atoms with E-state index in [1.165, 1.54) is 12.3 Å². The number of amides is 2. The molecule has 1 fully saturated rings. The summed E-state index contributed by atoms with van der Waals surface area (Å²) >= 11 is 0.